The summed E-state index contributed by atoms with van der Waals surface area (Å²) >= 11 is 0. The molecule has 0 radical (unpaired) electrons. The van der Waals surface area contributed by atoms with Crippen LogP contribution >= 0.6 is 0 Å². The Kier molecular flexibility index (Phi) is 6.94. The van der Waals surface area contributed by atoms with Crippen LogP contribution in [0.25, 0.3) is 0 Å². The monoisotopic (exact) mass is 297 g/mol. The molecule has 6 heteroatoms. The van der Waals surface area contributed by atoms with Gasteiger partial charge >= 0.3 is 5.97 Å². The van der Waals surface area contributed by atoms with E-state index < -0.39 is 11.9 Å². The first-order chi connectivity index (χ1) is 9.97. The quantitative estimate of drug-likeness (QED) is 0.707. The van der Waals surface area contributed by atoms with E-state index in [-0.39, 0.29) is 12.5 Å². The highest BCUT2D eigenvalue weighted by Gasteiger charge is 2.23. The first-order valence-corrected chi connectivity index (χ1v) is 7.11. The molecule has 0 aliphatic rings. The standard InChI is InChI=1S/C15H23NO5/c1-4-20-8-5-7-16(10-11(2)15(18)19)14(17)13-6-9-21-12(13)3/h6,9,11H,4-5,7-8,10H2,1-3H3,(H,18,19). The van der Waals surface area contributed by atoms with Crippen LogP contribution in [0.5, 0.6) is 0 Å². The fourth-order valence-corrected chi connectivity index (χ4v) is 1.96. The topological polar surface area (TPSA) is 80.0 Å². The molecule has 0 aromatic carbocycles. The van der Waals surface area contributed by atoms with E-state index in [1.807, 2.05) is 6.92 Å². The van der Waals surface area contributed by atoms with Gasteiger partial charge < -0.3 is 19.2 Å². The fraction of sp³-hybridized carbons (Fsp3) is 0.600. The molecule has 1 aromatic heterocycles. The van der Waals surface area contributed by atoms with Crippen molar-refractivity contribution >= 4 is 11.9 Å². The third-order valence-electron chi connectivity index (χ3n) is 3.21. The second-order valence-corrected chi connectivity index (χ2v) is 4.93. The van der Waals surface area contributed by atoms with Crippen molar-refractivity contribution in [3.8, 4) is 0 Å². The van der Waals surface area contributed by atoms with Gasteiger partial charge in [0, 0.05) is 26.3 Å². The highest BCUT2D eigenvalue weighted by molar-refractivity contribution is 5.95. The van der Waals surface area contributed by atoms with Gasteiger partial charge in [-0.15, -0.1) is 0 Å². The smallest absolute Gasteiger partial charge is 0.308 e. The molecule has 6 nitrogen and oxygen atoms in total. The van der Waals surface area contributed by atoms with Gasteiger partial charge in [-0.25, -0.2) is 0 Å². The summed E-state index contributed by atoms with van der Waals surface area (Å²) < 4.78 is 10.4. The molecule has 1 rings (SSSR count). The third kappa shape index (κ3) is 5.23. The minimum atomic E-state index is -0.915. The van der Waals surface area contributed by atoms with Gasteiger partial charge in [-0.05, 0) is 26.3 Å². The maximum absolute atomic E-state index is 12.5. The summed E-state index contributed by atoms with van der Waals surface area (Å²) in [6, 6.07) is 1.61. The predicted octanol–water partition coefficient (Wildman–Crippen LogP) is 2.18. The third-order valence-corrected chi connectivity index (χ3v) is 3.21. The van der Waals surface area contributed by atoms with Crippen LogP contribution in [0.15, 0.2) is 16.7 Å². The molecule has 0 saturated heterocycles. The second-order valence-electron chi connectivity index (χ2n) is 4.93. The number of hydrogen-bond donors (Lipinski definition) is 1. The van der Waals surface area contributed by atoms with Crippen molar-refractivity contribution in [2.45, 2.75) is 27.2 Å². The molecule has 21 heavy (non-hydrogen) atoms. The Labute approximate surface area is 124 Å². The lowest BCUT2D eigenvalue weighted by atomic mass is 10.1. The summed E-state index contributed by atoms with van der Waals surface area (Å²) in [4.78, 5) is 25.0. The number of nitrogens with zero attached hydrogens (tertiary/aromatic N) is 1. The van der Waals surface area contributed by atoms with Crippen molar-refractivity contribution in [1.82, 2.24) is 4.90 Å². The average molecular weight is 297 g/mol. The summed E-state index contributed by atoms with van der Waals surface area (Å²) in [7, 11) is 0. The van der Waals surface area contributed by atoms with Crippen molar-refractivity contribution in [2.75, 3.05) is 26.3 Å². The molecule has 0 fully saturated rings. The Morgan fingerprint density at radius 2 is 2.19 bits per heavy atom. The number of hydrogen-bond acceptors (Lipinski definition) is 4. The van der Waals surface area contributed by atoms with E-state index in [4.69, 9.17) is 14.3 Å². The highest BCUT2D eigenvalue weighted by Crippen LogP contribution is 2.14. The maximum Gasteiger partial charge on any atom is 0.308 e. The molecule has 1 aromatic rings. The molecular formula is C15H23NO5. The molecular weight excluding hydrogens is 274 g/mol. The molecule has 0 saturated carbocycles. The first kappa shape index (κ1) is 17.2. The van der Waals surface area contributed by atoms with Gasteiger partial charge in [-0.3, -0.25) is 9.59 Å². The van der Waals surface area contributed by atoms with E-state index in [0.717, 1.165) is 0 Å². The zero-order chi connectivity index (χ0) is 15.8. The van der Waals surface area contributed by atoms with Gasteiger partial charge in [0.1, 0.15) is 5.76 Å². The molecule has 118 valence electrons. The van der Waals surface area contributed by atoms with Gasteiger partial charge in [-0.2, -0.15) is 0 Å². The van der Waals surface area contributed by atoms with Gasteiger partial charge in [0.05, 0.1) is 17.7 Å². The Bertz CT molecular complexity index is 468. The van der Waals surface area contributed by atoms with Gasteiger partial charge in [-0.1, -0.05) is 6.92 Å². The van der Waals surface area contributed by atoms with E-state index in [1.54, 1.807) is 24.8 Å². The molecule has 0 aliphatic heterocycles. The Morgan fingerprint density at radius 3 is 2.71 bits per heavy atom. The predicted molar refractivity (Wildman–Crippen MR) is 77.3 cm³/mol. The summed E-state index contributed by atoms with van der Waals surface area (Å²) in [5.74, 6) is -1.20. The molecule has 0 spiro atoms. The SMILES string of the molecule is CCOCCCN(CC(C)C(=O)O)C(=O)c1ccoc1C. The highest BCUT2D eigenvalue weighted by atomic mass is 16.5. The number of ether oxygens (including phenoxy) is 1. The summed E-state index contributed by atoms with van der Waals surface area (Å²) in [6.07, 6.45) is 2.13. The summed E-state index contributed by atoms with van der Waals surface area (Å²) in [5.41, 5.74) is 0.476. The lowest BCUT2D eigenvalue weighted by Crippen LogP contribution is -2.38. The molecule has 0 aliphatic carbocycles. The Morgan fingerprint density at radius 1 is 1.48 bits per heavy atom. The second kappa shape index (κ2) is 8.46. The zero-order valence-electron chi connectivity index (χ0n) is 12.8. The van der Waals surface area contributed by atoms with E-state index >= 15 is 0 Å². The number of carbonyl (C=O) groups excluding carboxylic acids is 1. The molecule has 1 heterocycles. The van der Waals surface area contributed by atoms with E-state index in [2.05, 4.69) is 0 Å². The van der Waals surface area contributed by atoms with E-state index in [9.17, 15) is 9.59 Å². The molecule has 1 amide bonds. The molecule has 1 N–H and O–H groups in total. The fourth-order valence-electron chi connectivity index (χ4n) is 1.96. The lowest BCUT2D eigenvalue weighted by Gasteiger charge is -2.24. The minimum absolute atomic E-state index is 0.172. The largest absolute Gasteiger partial charge is 0.481 e. The van der Waals surface area contributed by atoms with E-state index in [1.165, 1.54) is 6.26 Å². The number of aliphatic carboxylic acids is 1. The Hall–Kier alpha value is -1.82. The average Bonchev–Trinajstić information content (AvgIpc) is 2.87. The lowest BCUT2D eigenvalue weighted by molar-refractivity contribution is -0.141. The Balaban J connectivity index is 2.73. The van der Waals surface area contributed by atoms with Crippen molar-refractivity contribution in [3.05, 3.63) is 23.7 Å². The van der Waals surface area contributed by atoms with Crippen molar-refractivity contribution in [2.24, 2.45) is 5.92 Å². The van der Waals surface area contributed by atoms with Crippen molar-refractivity contribution < 1.29 is 23.8 Å². The molecule has 1 atom stereocenters. The maximum atomic E-state index is 12.5. The zero-order valence-corrected chi connectivity index (χ0v) is 12.8. The summed E-state index contributed by atoms with van der Waals surface area (Å²) in [5, 5.41) is 9.03. The van der Waals surface area contributed by atoms with Gasteiger partial charge in [0.2, 0.25) is 0 Å². The van der Waals surface area contributed by atoms with Gasteiger partial charge in [0.25, 0.3) is 5.91 Å². The number of carbonyl (C=O) groups is 2. The first-order valence-electron chi connectivity index (χ1n) is 7.11. The van der Waals surface area contributed by atoms with Crippen LogP contribution < -0.4 is 0 Å². The van der Waals surface area contributed by atoms with Crippen LogP contribution in [0.3, 0.4) is 0 Å². The molecule has 1 unspecified atom stereocenters. The van der Waals surface area contributed by atoms with Crippen LogP contribution in [-0.2, 0) is 9.53 Å². The number of carboxylic acid groups (broad SMARTS) is 1. The van der Waals surface area contributed by atoms with Crippen LogP contribution in [0.4, 0.5) is 0 Å². The van der Waals surface area contributed by atoms with Crippen molar-refractivity contribution in [1.29, 1.82) is 0 Å². The van der Waals surface area contributed by atoms with Crippen LogP contribution in [0.2, 0.25) is 0 Å². The van der Waals surface area contributed by atoms with Crippen molar-refractivity contribution in [3.63, 3.8) is 0 Å². The number of furan rings is 1. The molecule has 0 bridgehead atoms. The summed E-state index contributed by atoms with van der Waals surface area (Å²) in [6.45, 7) is 7.02. The number of carboxylic acids is 1. The normalized spacial score (nSPS) is 12.1. The van der Waals surface area contributed by atoms with Crippen LogP contribution in [0.1, 0.15) is 36.4 Å². The number of rotatable bonds is 9. The van der Waals surface area contributed by atoms with Crippen LogP contribution in [0, 0.1) is 12.8 Å². The van der Waals surface area contributed by atoms with E-state index in [0.29, 0.717) is 37.5 Å². The minimum Gasteiger partial charge on any atom is -0.481 e. The van der Waals surface area contributed by atoms with Crippen LogP contribution in [-0.4, -0.2) is 48.2 Å². The van der Waals surface area contributed by atoms with Gasteiger partial charge in [0.15, 0.2) is 0 Å². The number of amides is 1. The number of aryl methyl sites for hydroxylation is 1.